The Morgan fingerprint density at radius 1 is 1.25 bits per heavy atom. The van der Waals surface area contributed by atoms with Gasteiger partial charge < -0.3 is 14.4 Å². The van der Waals surface area contributed by atoms with Gasteiger partial charge in [-0.05, 0) is 18.2 Å². The van der Waals surface area contributed by atoms with Gasteiger partial charge in [0, 0.05) is 18.2 Å². The van der Waals surface area contributed by atoms with Crippen molar-refractivity contribution in [2.45, 2.75) is 0 Å². The summed E-state index contributed by atoms with van der Waals surface area (Å²) in [6.07, 6.45) is 1.52. The molecule has 7 heteroatoms. The van der Waals surface area contributed by atoms with E-state index in [0.29, 0.717) is 27.8 Å². The topological polar surface area (TPSA) is 63.5 Å². The molecule has 2 aliphatic heterocycles. The summed E-state index contributed by atoms with van der Waals surface area (Å²) >= 11 is 6.13. The maximum atomic E-state index is 12.3. The van der Waals surface area contributed by atoms with Crippen LogP contribution in [0.3, 0.4) is 0 Å². The van der Waals surface area contributed by atoms with Gasteiger partial charge in [-0.2, -0.15) is 5.10 Å². The van der Waals surface area contributed by atoms with E-state index in [2.05, 4.69) is 10.2 Å². The molecule has 2 heterocycles. The summed E-state index contributed by atoms with van der Waals surface area (Å²) in [5.74, 6) is 0.914. The summed E-state index contributed by atoms with van der Waals surface area (Å²) in [6.45, 7) is 0.148. The van der Waals surface area contributed by atoms with Crippen molar-refractivity contribution in [2.24, 2.45) is 10.2 Å². The fourth-order valence-electron chi connectivity index (χ4n) is 2.66. The highest BCUT2D eigenvalue weighted by molar-refractivity contribution is 6.54. The molecule has 0 fully saturated rings. The molecule has 0 atom stereocenters. The second kappa shape index (κ2) is 5.65. The fourth-order valence-corrected chi connectivity index (χ4v) is 2.94. The Bertz CT molecular complexity index is 908. The Kier molecular flexibility index (Phi) is 3.46. The first kappa shape index (κ1) is 14.7. The quantitative estimate of drug-likeness (QED) is 0.623. The van der Waals surface area contributed by atoms with Crippen molar-refractivity contribution in [1.29, 1.82) is 0 Å². The van der Waals surface area contributed by atoms with E-state index in [-0.39, 0.29) is 12.7 Å². The number of hydrogen-bond donors (Lipinski definition) is 0. The van der Waals surface area contributed by atoms with Crippen LogP contribution in [0.1, 0.15) is 11.1 Å². The predicted octanol–water partition coefficient (Wildman–Crippen LogP) is 2.87. The van der Waals surface area contributed by atoms with Crippen LogP contribution >= 0.6 is 11.6 Å². The highest BCUT2D eigenvalue weighted by atomic mass is 35.5. The number of rotatable bonds is 2. The van der Waals surface area contributed by atoms with E-state index < -0.39 is 0 Å². The Morgan fingerprint density at radius 3 is 2.96 bits per heavy atom. The van der Waals surface area contributed by atoms with E-state index in [9.17, 15) is 4.79 Å². The monoisotopic (exact) mass is 341 g/mol. The molecular weight excluding hydrogens is 330 g/mol. The lowest BCUT2D eigenvalue weighted by molar-refractivity contribution is -0.111. The van der Waals surface area contributed by atoms with Crippen molar-refractivity contribution in [3.05, 3.63) is 52.5 Å². The third-order valence-corrected chi connectivity index (χ3v) is 4.12. The molecule has 120 valence electrons. The van der Waals surface area contributed by atoms with Crippen LogP contribution < -0.4 is 14.4 Å². The summed E-state index contributed by atoms with van der Waals surface area (Å²) in [7, 11) is 1.71. The molecular formula is C17H12ClN3O3. The summed E-state index contributed by atoms with van der Waals surface area (Å²) in [5, 5.41) is 8.57. The summed E-state index contributed by atoms with van der Waals surface area (Å²) in [4.78, 5) is 13.8. The Morgan fingerprint density at radius 2 is 2.08 bits per heavy atom. The van der Waals surface area contributed by atoms with Crippen molar-refractivity contribution < 1.29 is 14.3 Å². The number of amides is 1. The first-order valence-electron chi connectivity index (χ1n) is 7.23. The van der Waals surface area contributed by atoms with E-state index in [1.54, 1.807) is 24.1 Å². The lowest BCUT2D eigenvalue weighted by Crippen LogP contribution is -2.25. The van der Waals surface area contributed by atoms with Gasteiger partial charge in [0.05, 0.1) is 16.9 Å². The predicted molar refractivity (Wildman–Crippen MR) is 91.6 cm³/mol. The maximum absolute atomic E-state index is 12.3. The number of fused-ring (bicyclic) bond motifs is 2. The number of para-hydroxylation sites is 1. The molecule has 0 aliphatic carbocycles. The maximum Gasteiger partial charge on any atom is 0.279 e. The number of benzene rings is 2. The molecule has 1 amide bonds. The van der Waals surface area contributed by atoms with Crippen molar-refractivity contribution in [3.63, 3.8) is 0 Å². The third kappa shape index (κ3) is 2.32. The molecule has 0 saturated heterocycles. The fraction of sp³-hybridized carbons (Fsp3) is 0.118. The molecule has 0 bridgehead atoms. The Hall–Kier alpha value is -2.86. The number of likely N-dealkylation sites (N-methyl/N-ethyl adjacent to an activating group) is 1. The first-order chi connectivity index (χ1) is 11.6. The van der Waals surface area contributed by atoms with Crippen LogP contribution in [0.25, 0.3) is 0 Å². The average Bonchev–Trinajstić information content (AvgIpc) is 3.14. The lowest BCUT2D eigenvalue weighted by atomic mass is 10.1. The summed E-state index contributed by atoms with van der Waals surface area (Å²) in [5.41, 5.74) is 2.62. The molecule has 0 N–H and O–H groups in total. The van der Waals surface area contributed by atoms with Gasteiger partial charge in [0.15, 0.2) is 17.2 Å². The van der Waals surface area contributed by atoms with Crippen LogP contribution in [0.5, 0.6) is 11.5 Å². The largest absolute Gasteiger partial charge is 0.454 e. The molecule has 2 aromatic carbocycles. The van der Waals surface area contributed by atoms with Gasteiger partial charge in [-0.3, -0.25) is 4.79 Å². The van der Waals surface area contributed by atoms with Gasteiger partial charge in [-0.15, -0.1) is 5.10 Å². The van der Waals surface area contributed by atoms with Crippen LogP contribution in [-0.4, -0.2) is 31.7 Å². The Balaban J connectivity index is 1.65. The van der Waals surface area contributed by atoms with Crippen LogP contribution in [0, 0.1) is 0 Å². The van der Waals surface area contributed by atoms with Gasteiger partial charge >= 0.3 is 0 Å². The Labute approximate surface area is 143 Å². The van der Waals surface area contributed by atoms with Crippen LogP contribution in [-0.2, 0) is 4.79 Å². The molecule has 2 aliphatic rings. The van der Waals surface area contributed by atoms with Crippen LogP contribution in [0.2, 0.25) is 5.02 Å². The van der Waals surface area contributed by atoms with Gasteiger partial charge in [0.2, 0.25) is 6.79 Å². The SMILES string of the molecule is CN1C(=O)/C(=N/N=C\c2cc(Cl)c3c(c2)OCO3)c2ccccc21. The van der Waals surface area contributed by atoms with E-state index in [1.807, 2.05) is 24.3 Å². The standard InChI is InChI=1S/C17H12ClN3O3/c1-21-13-5-3-2-4-11(13)15(17(21)22)20-19-8-10-6-12(18)16-14(7-10)23-9-24-16/h2-8H,9H2,1H3/b19-8-,20-15+. The number of ether oxygens (including phenoxy) is 2. The normalized spacial score (nSPS) is 17.2. The molecule has 4 rings (SSSR count). The third-order valence-electron chi connectivity index (χ3n) is 3.84. The molecule has 0 aromatic heterocycles. The second-order valence-corrected chi connectivity index (χ2v) is 5.72. The van der Waals surface area contributed by atoms with Crippen molar-refractivity contribution in [3.8, 4) is 11.5 Å². The highest BCUT2D eigenvalue weighted by Gasteiger charge is 2.31. The molecule has 0 unspecified atom stereocenters. The molecule has 0 saturated carbocycles. The van der Waals surface area contributed by atoms with Crippen molar-refractivity contribution in [2.75, 3.05) is 18.7 Å². The second-order valence-electron chi connectivity index (χ2n) is 5.31. The highest BCUT2D eigenvalue weighted by Crippen LogP contribution is 2.39. The van der Waals surface area contributed by atoms with Gasteiger partial charge in [0.1, 0.15) is 0 Å². The zero-order valence-electron chi connectivity index (χ0n) is 12.7. The van der Waals surface area contributed by atoms with Gasteiger partial charge in [-0.1, -0.05) is 29.8 Å². The first-order valence-corrected chi connectivity index (χ1v) is 7.60. The molecule has 24 heavy (non-hydrogen) atoms. The average molecular weight is 342 g/mol. The number of hydrogen-bond acceptors (Lipinski definition) is 5. The number of nitrogens with zero attached hydrogens (tertiary/aromatic N) is 3. The van der Waals surface area contributed by atoms with E-state index in [0.717, 1.165) is 11.3 Å². The number of carbonyl (C=O) groups excluding carboxylic acids is 1. The zero-order valence-corrected chi connectivity index (χ0v) is 13.4. The minimum Gasteiger partial charge on any atom is -0.454 e. The van der Waals surface area contributed by atoms with Gasteiger partial charge in [-0.25, -0.2) is 0 Å². The van der Waals surface area contributed by atoms with Gasteiger partial charge in [0.25, 0.3) is 5.91 Å². The molecule has 6 nitrogen and oxygen atoms in total. The zero-order chi connectivity index (χ0) is 16.7. The number of anilines is 1. The minimum atomic E-state index is -0.183. The van der Waals surface area contributed by atoms with Crippen molar-refractivity contribution >= 4 is 35.1 Å². The summed E-state index contributed by atoms with van der Waals surface area (Å²) in [6, 6.07) is 10.9. The number of carbonyl (C=O) groups is 1. The van der Waals surface area contributed by atoms with E-state index >= 15 is 0 Å². The smallest absolute Gasteiger partial charge is 0.279 e. The van der Waals surface area contributed by atoms with Crippen molar-refractivity contribution in [1.82, 2.24) is 0 Å². The molecule has 0 spiro atoms. The minimum absolute atomic E-state index is 0.148. The molecule has 2 aromatic rings. The van der Waals surface area contributed by atoms with Crippen LogP contribution in [0.15, 0.2) is 46.6 Å². The van der Waals surface area contributed by atoms with E-state index in [1.165, 1.54) is 6.21 Å². The number of halogens is 1. The van der Waals surface area contributed by atoms with Crippen LogP contribution in [0.4, 0.5) is 5.69 Å². The van der Waals surface area contributed by atoms with E-state index in [4.69, 9.17) is 21.1 Å². The molecule has 0 radical (unpaired) electrons. The summed E-state index contributed by atoms with van der Waals surface area (Å²) < 4.78 is 10.6. The lowest BCUT2D eigenvalue weighted by Gasteiger charge is -2.07.